The molecule has 3 aromatic carbocycles. The third kappa shape index (κ3) is 6.02. The molecule has 0 bridgehead atoms. The molecule has 0 aromatic heterocycles. The molecule has 0 heterocycles. The van der Waals surface area contributed by atoms with Crippen molar-refractivity contribution in [3.05, 3.63) is 101 Å². The van der Waals surface area contributed by atoms with E-state index >= 15 is 0 Å². The first-order valence-corrected chi connectivity index (χ1v) is 9.93. The van der Waals surface area contributed by atoms with Gasteiger partial charge in [0, 0.05) is 17.2 Å². The molecule has 0 aliphatic heterocycles. The summed E-state index contributed by atoms with van der Waals surface area (Å²) in [7, 11) is 0. The number of ether oxygens (including phenoxy) is 1. The van der Waals surface area contributed by atoms with E-state index in [1.165, 1.54) is 30.9 Å². The SMILES string of the molecule is CCCCCc1ccc(C#Cc2ccc(C(=O)Oc3ccc(F)c(F)c3)cc2)cc1. The first kappa shape index (κ1) is 21.3. The average Bonchev–Trinajstić information content (AvgIpc) is 2.76. The molecule has 0 saturated heterocycles. The van der Waals surface area contributed by atoms with E-state index in [2.05, 4.69) is 30.9 Å². The van der Waals surface area contributed by atoms with Gasteiger partial charge in [-0.25, -0.2) is 13.6 Å². The van der Waals surface area contributed by atoms with Crippen LogP contribution in [0.4, 0.5) is 8.78 Å². The summed E-state index contributed by atoms with van der Waals surface area (Å²) in [5.41, 5.74) is 3.29. The van der Waals surface area contributed by atoms with E-state index in [9.17, 15) is 13.6 Å². The maximum atomic E-state index is 13.2. The lowest BCUT2D eigenvalue weighted by atomic mass is 10.1. The molecule has 2 nitrogen and oxygen atoms in total. The number of halogens is 2. The highest BCUT2D eigenvalue weighted by molar-refractivity contribution is 5.91. The van der Waals surface area contributed by atoms with Gasteiger partial charge >= 0.3 is 5.97 Å². The number of rotatable bonds is 6. The molecular formula is C26H22F2O2. The number of aryl methyl sites for hydroxylation is 1. The Labute approximate surface area is 175 Å². The number of unbranched alkanes of at least 4 members (excludes halogenated alkanes) is 2. The van der Waals surface area contributed by atoms with Crippen LogP contribution in [0.1, 0.15) is 53.2 Å². The molecule has 0 spiro atoms. The zero-order valence-corrected chi connectivity index (χ0v) is 16.8. The molecule has 4 heteroatoms. The highest BCUT2D eigenvalue weighted by Gasteiger charge is 2.10. The number of carbonyl (C=O) groups is 1. The standard InChI is InChI=1S/C26H22F2O2/c1-2-3-4-5-19-6-8-20(9-7-19)10-11-21-12-14-22(15-13-21)26(29)30-23-16-17-24(27)25(28)18-23/h6-9,12-18H,2-5H2,1H3. The molecule has 0 fully saturated rings. The lowest BCUT2D eigenvalue weighted by Gasteiger charge is -2.04. The first-order chi connectivity index (χ1) is 14.5. The van der Waals surface area contributed by atoms with Crippen LogP contribution in [0, 0.1) is 23.5 Å². The molecule has 3 rings (SSSR count). The molecule has 0 saturated carbocycles. The summed E-state index contributed by atoms with van der Waals surface area (Å²) in [4.78, 5) is 12.2. The van der Waals surface area contributed by atoms with Crippen LogP contribution in [0.2, 0.25) is 0 Å². The predicted octanol–water partition coefficient (Wildman–Crippen LogP) is 6.32. The van der Waals surface area contributed by atoms with Crippen molar-refractivity contribution in [2.24, 2.45) is 0 Å². The van der Waals surface area contributed by atoms with Crippen LogP contribution in [-0.4, -0.2) is 5.97 Å². The van der Waals surface area contributed by atoms with Crippen LogP contribution in [0.15, 0.2) is 66.7 Å². The van der Waals surface area contributed by atoms with Gasteiger partial charge in [0.1, 0.15) is 5.75 Å². The van der Waals surface area contributed by atoms with E-state index in [1.807, 2.05) is 12.1 Å². The summed E-state index contributed by atoms with van der Waals surface area (Å²) < 4.78 is 31.2. The highest BCUT2D eigenvalue weighted by Crippen LogP contribution is 2.17. The Morgan fingerprint density at radius 3 is 2.07 bits per heavy atom. The van der Waals surface area contributed by atoms with Crippen LogP contribution in [0.25, 0.3) is 0 Å². The number of carbonyl (C=O) groups excluding carboxylic acids is 1. The van der Waals surface area contributed by atoms with Crippen LogP contribution in [0.5, 0.6) is 5.75 Å². The molecule has 0 atom stereocenters. The quantitative estimate of drug-likeness (QED) is 0.208. The van der Waals surface area contributed by atoms with Crippen molar-refractivity contribution in [3.8, 4) is 17.6 Å². The average molecular weight is 404 g/mol. The largest absolute Gasteiger partial charge is 0.423 e. The van der Waals surface area contributed by atoms with E-state index in [4.69, 9.17) is 4.74 Å². The van der Waals surface area contributed by atoms with Gasteiger partial charge in [-0.2, -0.15) is 0 Å². The van der Waals surface area contributed by atoms with Crippen LogP contribution in [-0.2, 0) is 6.42 Å². The monoisotopic (exact) mass is 404 g/mol. The maximum absolute atomic E-state index is 13.2. The van der Waals surface area contributed by atoms with Gasteiger partial charge in [0.15, 0.2) is 11.6 Å². The van der Waals surface area contributed by atoms with Gasteiger partial charge in [-0.05, 0) is 66.9 Å². The van der Waals surface area contributed by atoms with Gasteiger partial charge in [-0.15, -0.1) is 0 Å². The normalized spacial score (nSPS) is 10.2. The molecule has 0 aliphatic carbocycles. The van der Waals surface area contributed by atoms with Crippen molar-refractivity contribution in [3.63, 3.8) is 0 Å². The molecule has 0 unspecified atom stereocenters. The van der Waals surface area contributed by atoms with E-state index in [-0.39, 0.29) is 5.75 Å². The Hall–Kier alpha value is -3.45. The Kier molecular flexibility index (Phi) is 7.34. The summed E-state index contributed by atoms with van der Waals surface area (Å²) in [5, 5.41) is 0. The van der Waals surface area contributed by atoms with Crippen molar-refractivity contribution >= 4 is 5.97 Å². The van der Waals surface area contributed by atoms with Crippen LogP contribution >= 0.6 is 0 Å². The first-order valence-electron chi connectivity index (χ1n) is 9.93. The van der Waals surface area contributed by atoms with Crippen molar-refractivity contribution in [2.75, 3.05) is 0 Å². The van der Waals surface area contributed by atoms with E-state index in [0.717, 1.165) is 29.7 Å². The minimum absolute atomic E-state index is 0.0547. The van der Waals surface area contributed by atoms with Crippen molar-refractivity contribution in [2.45, 2.75) is 32.6 Å². The zero-order chi connectivity index (χ0) is 21.3. The van der Waals surface area contributed by atoms with Crippen LogP contribution < -0.4 is 4.74 Å². The predicted molar refractivity (Wildman–Crippen MR) is 113 cm³/mol. The van der Waals surface area contributed by atoms with E-state index in [0.29, 0.717) is 5.56 Å². The van der Waals surface area contributed by atoms with Gasteiger partial charge in [-0.3, -0.25) is 0 Å². The summed E-state index contributed by atoms with van der Waals surface area (Å²) in [5.74, 6) is 3.41. The smallest absolute Gasteiger partial charge is 0.343 e. The van der Waals surface area contributed by atoms with Crippen molar-refractivity contribution < 1.29 is 18.3 Å². The molecular weight excluding hydrogens is 382 g/mol. The van der Waals surface area contributed by atoms with Gasteiger partial charge in [0.05, 0.1) is 5.56 Å². The lowest BCUT2D eigenvalue weighted by molar-refractivity contribution is 0.0734. The van der Waals surface area contributed by atoms with E-state index < -0.39 is 17.6 Å². The van der Waals surface area contributed by atoms with Crippen molar-refractivity contribution in [1.29, 1.82) is 0 Å². The van der Waals surface area contributed by atoms with Crippen LogP contribution in [0.3, 0.4) is 0 Å². The van der Waals surface area contributed by atoms with Gasteiger partial charge in [0.25, 0.3) is 0 Å². The Morgan fingerprint density at radius 2 is 1.47 bits per heavy atom. The molecule has 0 aliphatic rings. The van der Waals surface area contributed by atoms with Gasteiger partial charge in [-0.1, -0.05) is 43.7 Å². The number of esters is 1. The molecule has 3 aromatic rings. The zero-order valence-electron chi connectivity index (χ0n) is 16.8. The molecule has 30 heavy (non-hydrogen) atoms. The summed E-state index contributed by atoms with van der Waals surface area (Å²) in [6.07, 6.45) is 4.74. The Bertz CT molecular complexity index is 1060. The fraction of sp³-hybridized carbons (Fsp3) is 0.192. The second kappa shape index (κ2) is 10.4. The minimum Gasteiger partial charge on any atom is -0.423 e. The van der Waals surface area contributed by atoms with Crippen molar-refractivity contribution in [1.82, 2.24) is 0 Å². The van der Waals surface area contributed by atoms with E-state index in [1.54, 1.807) is 24.3 Å². The fourth-order valence-corrected chi connectivity index (χ4v) is 2.87. The van der Waals surface area contributed by atoms with Gasteiger partial charge in [0.2, 0.25) is 0 Å². The number of hydrogen-bond acceptors (Lipinski definition) is 2. The summed E-state index contributed by atoms with van der Waals surface area (Å²) in [6, 6.07) is 17.8. The summed E-state index contributed by atoms with van der Waals surface area (Å²) in [6.45, 7) is 2.20. The second-order valence-corrected chi connectivity index (χ2v) is 6.95. The molecule has 0 N–H and O–H groups in total. The second-order valence-electron chi connectivity index (χ2n) is 6.95. The third-order valence-corrected chi connectivity index (χ3v) is 4.60. The molecule has 152 valence electrons. The number of hydrogen-bond donors (Lipinski definition) is 0. The topological polar surface area (TPSA) is 26.3 Å². The fourth-order valence-electron chi connectivity index (χ4n) is 2.87. The highest BCUT2D eigenvalue weighted by atomic mass is 19.2. The minimum atomic E-state index is -1.07. The maximum Gasteiger partial charge on any atom is 0.343 e. The Morgan fingerprint density at radius 1 is 0.833 bits per heavy atom. The summed E-state index contributed by atoms with van der Waals surface area (Å²) >= 11 is 0. The van der Waals surface area contributed by atoms with Gasteiger partial charge < -0.3 is 4.74 Å². The number of benzene rings is 3. The lowest BCUT2D eigenvalue weighted by Crippen LogP contribution is -2.08. The molecule has 0 amide bonds. The Balaban J connectivity index is 1.60. The molecule has 0 radical (unpaired) electrons. The third-order valence-electron chi connectivity index (χ3n) is 4.60.